The van der Waals surface area contributed by atoms with Gasteiger partial charge in [0.1, 0.15) is 0 Å². The lowest BCUT2D eigenvalue weighted by Gasteiger charge is -2.06. The fraction of sp³-hybridized carbons (Fsp3) is 0.125. The van der Waals surface area contributed by atoms with Crippen molar-refractivity contribution < 1.29 is 9.90 Å². The largest absolute Gasteiger partial charge is 0.478 e. The summed E-state index contributed by atoms with van der Waals surface area (Å²) in [6.45, 7) is 1.68. The number of carboxylic acid groups (broad SMARTS) is 1. The van der Waals surface area contributed by atoms with Crippen LogP contribution in [0.4, 0.5) is 5.69 Å². The zero-order chi connectivity index (χ0) is 9.30. The van der Waals surface area contributed by atoms with E-state index in [4.69, 9.17) is 10.8 Å². The van der Waals surface area contributed by atoms with Gasteiger partial charge in [-0.2, -0.15) is 0 Å². The fourth-order valence-electron chi connectivity index (χ4n) is 1.01. The SMILES string of the molecule is Cc1c(S)ccc(N)c1C(=O)O. The number of thiol groups is 1. The number of aromatic carboxylic acids is 1. The lowest BCUT2D eigenvalue weighted by Crippen LogP contribution is -2.05. The Morgan fingerprint density at radius 1 is 1.58 bits per heavy atom. The van der Waals surface area contributed by atoms with Crippen LogP contribution in [0.2, 0.25) is 0 Å². The lowest BCUT2D eigenvalue weighted by molar-refractivity contribution is 0.0697. The fourth-order valence-corrected chi connectivity index (χ4v) is 1.19. The molecule has 0 aliphatic heterocycles. The molecule has 3 N–H and O–H groups in total. The van der Waals surface area contributed by atoms with Crippen molar-refractivity contribution in [3.63, 3.8) is 0 Å². The normalized spacial score (nSPS) is 9.83. The molecule has 12 heavy (non-hydrogen) atoms. The zero-order valence-electron chi connectivity index (χ0n) is 6.53. The summed E-state index contributed by atoms with van der Waals surface area (Å²) in [7, 11) is 0. The minimum atomic E-state index is -1.01. The Hall–Kier alpha value is -1.16. The molecular formula is C8H9NO2S. The van der Waals surface area contributed by atoms with E-state index in [9.17, 15) is 4.79 Å². The predicted octanol–water partition coefficient (Wildman–Crippen LogP) is 1.56. The van der Waals surface area contributed by atoms with E-state index >= 15 is 0 Å². The van der Waals surface area contributed by atoms with Gasteiger partial charge < -0.3 is 10.8 Å². The van der Waals surface area contributed by atoms with E-state index in [1.54, 1.807) is 19.1 Å². The molecule has 0 saturated heterocycles. The zero-order valence-corrected chi connectivity index (χ0v) is 7.43. The first-order valence-corrected chi connectivity index (χ1v) is 3.80. The Morgan fingerprint density at radius 3 is 2.58 bits per heavy atom. The molecule has 3 nitrogen and oxygen atoms in total. The van der Waals surface area contributed by atoms with Crippen LogP contribution in [0.3, 0.4) is 0 Å². The average molecular weight is 183 g/mol. The number of anilines is 1. The summed E-state index contributed by atoms with van der Waals surface area (Å²) in [6.07, 6.45) is 0. The van der Waals surface area contributed by atoms with Crippen molar-refractivity contribution in [3.8, 4) is 0 Å². The van der Waals surface area contributed by atoms with Gasteiger partial charge >= 0.3 is 5.97 Å². The first-order chi connectivity index (χ1) is 5.54. The lowest BCUT2D eigenvalue weighted by atomic mass is 10.1. The van der Waals surface area contributed by atoms with Crippen LogP contribution in [0.5, 0.6) is 0 Å². The Bertz CT molecular complexity index is 336. The van der Waals surface area contributed by atoms with Crippen LogP contribution in [0, 0.1) is 6.92 Å². The molecule has 0 saturated carbocycles. The highest BCUT2D eigenvalue weighted by molar-refractivity contribution is 7.80. The minimum Gasteiger partial charge on any atom is -0.478 e. The standard InChI is InChI=1S/C8H9NO2S/c1-4-6(12)3-2-5(9)7(4)8(10)11/h2-3,12H,9H2,1H3,(H,10,11). The highest BCUT2D eigenvalue weighted by Crippen LogP contribution is 2.22. The summed E-state index contributed by atoms with van der Waals surface area (Å²) in [6, 6.07) is 3.22. The number of rotatable bonds is 1. The molecule has 0 aliphatic rings. The summed E-state index contributed by atoms with van der Waals surface area (Å²) in [5.41, 5.74) is 6.50. The van der Waals surface area contributed by atoms with Crippen LogP contribution >= 0.6 is 12.6 Å². The van der Waals surface area contributed by atoms with Crippen molar-refractivity contribution in [1.82, 2.24) is 0 Å². The van der Waals surface area contributed by atoms with E-state index in [0.717, 1.165) is 0 Å². The van der Waals surface area contributed by atoms with Crippen molar-refractivity contribution >= 4 is 24.3 Å². The number of carboxylic acids is 1. The molecule has 64 valence electrons. The second kappa shape index (κ2) is 3.06. The molecule has 4 heteroatoms. The number of hydrogen-bond donors (Lipinski definition) is 3. The van der Waals surface area contributed by atoms with E-state index < -0.39 is 5.97 Å². The number of nitrogen functional groups attached to an aromatic ring is 1. The maximum Gasteiger partial charge on any atom is 0.338 e. The monoisotopic (exact) mass is 183 g/mol. The Balaban J connectivity index is 3.43. The van der Waals surface area contributed by atoms with Crippen molar-refractivity contribution in [3.05, 3.63) is 23.3 Å². The maximum absolute atomic E-state index is 10.7. The molecule has 0 radical (unpaired) electrons. The first kappa shape index (κ1) is 8.93. The Kier molecular flexibility index (Phi) is 2.28. The first-order valence-electron chi connectivity index (χ1n) is 3.35. The molecule has 0 amide bonds. The van der Waals surface area contributed by atoms with Gasteiger partial charge in [0, 0.05) is 10.6 Å². The second-order valence-electron chi connectivity index (χ2n) is 2.48. The van der Waals surface area contributed by atoms with Crippen molar-refractivity contribution in [1.29, 1.82) is 0 Å². The topological polar surface area (TPSA) is 63.3 Å². The van der Waals surface area contributed by atoms with Crippen LogP contribution in [-0.4, -0.2) is 11.1 Å². The molecule has 1 aromatic carbocycles. The predicted molar refractivity (Wildman–Crippen MR) is 49.8 cm³/mol. The van der Waals surface area contributed by atoms with E-state index in [1.165, 1.54) is 0 Å². The van der Waals surface area contributed by atoms with Gasteiger partial charge in [0.2, 0.25) is 0 Å². The quantitative estimate of drug-likeness (QED) is 0.457. The average Bonchev–Trinajstić information content (AvgIpc) is 1.97. The number of carbonyl (C=O) groups is 1. The smallest absolute Gasteiger partial charge is 0.338 e. The van der Waals surface area contributed by atoms with Gasteiger partial charge in [-0.15, -0.1) is 12.6 Å². The highest BCUT2D eigenvalue weighted by Gasteiger charge is 2.12. The third kappa shape index (κ3) is 1.38. The molecule has 0 aliphatic carbocycles. The molecule has 0 unspecified atom stereocenters. The third-order valence-electron chi connectivity index (χ3n) is 1.68. The minimum absolute atomic E-state index is 0.141. The number of benzene rings is 1. The van der Waals surface area contributed by atoms with Gasteiger partial charge in [-0.3, -0.25) is 0 Å². The maximum atomic E-state index is 10.7. The van der Waals surface area contributed by atoms with E-state index in [2.05, 4.69) is 12.6 Å². The Morgan fingerprint density at radius 2 is 2.17 bits per heavy atom. The summed E-state index contributed by atoms with van der Waals surface area (Å²) in [5.74, 6) is -1.01. The molecule has 1 rings (SSSR count). The van der Waals surface area contributed by atoms with E-state index in [1.807, 2.05) is 0 Å². The molecule has 0 heterocycles. The number of hydrogen-bond acceptors (Lipinski definition) is 3. The molecule has 0 aromatic heterocycles. The van der Waals surface area contributed by atoms with Crippen LogP contribution < -0.4 is 5.73 Å². The van der Waals surface area contributed by atoms with Crippen LogP contribution in [0.1, 0.15) is 15.9 Å². The summed E-state index contributed by atoms with van der Waals surface area (Å²) >= 11 is 4.09. The Labute approximate surface area is 75.6 Å². The molecule has 0 bridgehead atoms. The van der Waals surface area contributed by atoms with Gasteiger partial charge in [0.05, 0.1) is 5.56 Å². The summed E-state index contributed by atoms with van der Waals surface area (Å²) < 4.78 is 0. The molecule has 0 fully saturated rings. The highest BCUT2D eigenvalue weighted by atomic mass is 32.1. The molecular weight excluding hydrogens is 174 g/mol. The van der Waals surface area contributed by atoms with Gasteiger partial charge in [0.15, 0.2) is 0 Å². The van der Waals surface area contributed by atoms with Crippen LogP contribution in [0.15, 0.2) is 17.0 Å². The van der Waals surface area contributed by atoms with Gasteiger partial charge in [-0.1, -0.05) is 0 Å². The van der Waals surface area contributed by atoms with Crippen LogP contribution in [-0.2, 0) is 0 Å². The molecule has 1 aromatic rings. The molecule has 0 spiro atoms. The van der Waals surface area contributed by atoms with Gasteiger partial charge in [-0.05, 0) is 24.6 Å². The van der Waals surface area contributed by atoms with Gasteiger partial charge in [0.25, 0.3) is 0 Å². The van der Waals surface area contributed by atoms with Crippen molar-refractivity contribution in [2.75, 3.05) is 5.73 Å². The summed E-state index contributed by atoms with van der Waals surface area (Å²) in [5, 5.41) is 8.76. The third-order valence-corrected chi connectivity index (χ3v) is 2.17. The van der Waals surface area contributed by atoms with Crippen molar-refractivity contribution in [2.24, 2.45) is 0 Å². The van der Waals surface area contributed by atoms with Gasteiger partial charge in [-0.25, -0.2) is 4.79 Å². The van der Waals surface area contributed by atoms with Crippen LogP contribution in [0.25, 0.3) is 0 Å². The summed E-state index contributed by atoms with van der Waals surface area (Å²) in [4.78, 5) is 11.3. The number of nitrogens with two attached hydrogens (primary N) is 1. The van der Waals surface area contributed by atoms with E-state index in [0.29, 0.717) is 10.5 Å². The molecule has 0 atom stereocenters. The van der Waals surface area contributed by atoms with E-state index in [-0.39, 0.29) is 11.3 Å². The second-order valence-corrected chi connectivity index (χ2v) is 2.96. The van der Waals surface area contributed by atoms with Crippen molar-refractivity contribution in [2.45, 2.75) is 11.8 Å².